The lowest BCUT2D eigenvalue weighted by atomic mass is 10.1. The van der Waals surface area contributed by atoms with Crippen LogP contribution in [0.1, 0.15) is 32.3 Å². The average Bonchev–Trinajstić information content (AvgIpc) is 2.38. The molecule has 0 aliphatic heterocycles. The molecule has 19 heavy (non-hydrogen) atoms. The van der Waals surface area contributed by atoms with Gasteiger partial charge in [0.15, 0.2) is 0 Å². The van der Waals surface area contributed by atoms with E-state index >= 15 is 0 Å². The van der Waals surface area contributed by atoms with Crippen LogP contribution in [0.15, 0.2) is 24.3 Å². The minimum atomic E-state index is -3.22. The first-order valence-electron chi connectivity index (χ1n) is 6.87. The van der Waals surface area contributed by atoms with Gasteiger partial charge in [0.2, 0.25) is 10.0 Å². The molecule has 1 rings (SSSR count). The minimum Gasteiger partial charge on any atom is -0.317 e. The zero-order chi connectivity index (χ0) is 14.1. The van der Waals surface area contributed by atoms with Crippen molar-refractivity contribution in [1.82, 2.24) is 5.32 Å². The van der Waals surface area contributed by atoms with Gasteiger partial charge in [-0.05, 0) is 50.0 Å². The van der Waals surface area contributed by atoms with Gasteiger partial charge in [-0.1, -0.05) is 26.0 Å². The Kier molecular flexibility index (Phi) is 6.87. The fourth-order valence-corrected chi connectivity index (χ4v) is 2.98. The maximum Gasteiger partial charge on any atom is 0.232 e. The number of unbranched alkanes of at least 4 members (excludes halogenated alkanes) is 1. The van der Waals surface area contributed by atoms with Gasteiger partial charge in [-0.25, -0.2) is 8.42 Å². The molecule has 0 unspecified atom stereocenters. The molecule has 4 nitrogen and oxygen atoms in total. The maximum atomic E-state index is 11.9. The first-order chi connectivity index (χ1) is 9.07. The van der Waals surface area contributed by atoms with E-state index < -0.39 is 10.0 Å². The predicted molar refractivity (Wildman–Crippen MR) is 81.0 cm³/mol. The van der Waals surface area contributed by atoms with E-state index in [2.05, 4.69) is 10.0 Å². The quantitative estimate of drug-likeness (QED) is 0.685. The molecule has 0 atom stereocenters. The van der Waals surface area contributed by atoms with E-state index in [0.717, 1.165) is 31.5 Å². The monoisotopic (exact) mass is 284 g/mol. The summed E-state index contributed by atoms with van der Waals surface area (Å²) in [5.74, 6) is 0.175. The van der Waals surface area contributed by atoms with Crippen LogP contribution in [-0.4, -0.2) is 27.3 Å². The van der Waals surface area contributed by atoms with Crippen LogP contribution in [0.5, 0.6) is 0 Å². The fourth-order valence-electron chi connectivity index (χ4n) is 1.80. The molecule has 0 bridgehead atoms. The zero-order valence-electron chi connectivity index (χ0n) is 11.8. The van der Waals surface area contributed by atoms with E-state index in [1.165, 1.54) is 0 Å². The van der Waals surface area contributed by atoms with Gasteiger partial charge in [-0.15, -0.1) is 0 Å². The fraction of sp³-hybridized carbons (Fsp3) is 0.571. The van der Waals surface area contributed by atoms with Crippen molar-refractivity contribution in [3.8, 4) is 0 Å². The Morgan fingerprint density at radius 2 is 1.95 bits per heavy atom. The molecule has 0 fully saturated rings. The van der Waals surface area contributed by atoms with Crippen LogP contribution in [0.4, 0.5) is 5.69 Å². The van der Waals surface area contributed by atoms with Crippen LogP contribution >= 0.6 is 0 Å². The molecular formula is C14H24N2O2S. The highest BCUT2D eigenvalue weighted by molar-refractivity contribution is 7.92. The second-order valence-corrected chi connectivity index (χ2v) is 6.38. The van der Waals surface area contributed by atoms with E-state index in [1.54, 1.807) is 6.07 Å². The molecule has 0 amide bonds. The normalized spacial score (nSPS) is 11.5. The third kappa shape index (κ3) is 6.59. The van der Waals surface area contributed by atoms with Crippen LogP contribution < -0.4 is 10.0 Å². The summed E-state index contributed by atoms with van der Waals surface area (Å²) in [5, 5.41) is 3.18. The standard InChI is InChI=1S/C14H24N2O2S/c1-3-13-8-7-9-14(12-13)16-19(17,18)11-6-5-10-15-4-2/h7-9,12,15-16H,3-6,10-11H2,1-2H3. The lowest BCUT2D eigenvalue weighted by Gasteiger charge is -2.09. The predicted octanol–water partition coefficient (Wildman–Crippen LogP) is 2.38. The summed E-state index contributed by atoms with van der Waals surface area (Å²) >= 11 is 0. The van der Waals surface area contributed by atoms with E-state index in [0.29, 0.717) is 12.1 Å². The molecule has 2 N–H and O–H groups in total. The number of hydrogen-bond acceptors (Lipinski definition) is 3. The lowest BCUT2D eigenvalue weighted by molar-refractivity contribution is 0.593. The first-order valence-corrected chi connectivity index (χ1v) is 8.52. The third-order valence-corrected chi connectivity index (χ3v) is 4.25. The van der Waals surface area contributed by atoms with Crippen molar-refractivity contribution in [2.24, 2.45) is 0 Å². The van der Waals surface area contributed by atoms with Crippen molar-refractivity contribution in [2.45, 2.75) is 33.1 Å². The highest BCUT2D eigenvalue weighted by Gasteiger charge is 2.09. The van der Waals surface area contributed by atoms with Gasteiger partial charge >= 0.3 is 0 Å². The van der Waals surface area contributed by atoms with Gasteiger partial charge in [0.05, 0.1) is 5.75 Å². The van der Waals surface area contributed by atoms with Crippen molar-refractivity contribution in [3.05, 3.63) is 29.8 Å². The van der Waals surface area contributed by atoms with Crippen molar-refractivity contribution < 1.29 is 8.42 Å². The van der Waals surface area contributed by atoms with Crippen LogP contribution in [0.25, 0.3) is 0 Å². The van der Waals surface area contributed by atoms with Crippen molar-refractivity contribution in [2.75, 3.05) is 23.6 Å². The lowest BCUT2D eigenvalue weighted by Crippen LogP contribution is -2.19. The molecule has 0 aliphatic rings. The zero-order valence-corrected chi connectivity index (χ0v) is 12.6. The topological polar surface area (TPSA) is 58.2 Å². The van der Waals surface area contributed by atoms with Crippen molar-refractivity contribution in [1.29, 1.82) is 0 Å². The summed E-state index contributed by atoms with van der Waals surface area (Å²) in [6.07, 6.45) is 2.46. The Hall–Kier alpha value is -1.07. The summed E-state index contributed by atoms with van der Waals surface area (Å²) in [4.78, 5) is 0. The van der Waals surface area contributed by atoms with Gasteiger partial charge < -0.3 is 5.32 Å². The molecule has 0 spiro atoms. The highest BCUT2D eigenvalue weighted by Crippen LogP contribution is 2.13. The summed E-state index contributed by atoms with van der Waals surface area (Å²) < 4.78 is 26.4. The number of benzene rings is 1. The van der Waals surface area contributed by atoms with Crippen LogP contribution in [0.3, 0.4) is 0 Å². The van der Waals surface area contributed by atoms with Crippen LogP contribution in [0.2, 0.25) is 0 Å². The van der Waals surface area contributed by atoms with E-state index in [-0.39, 0.29) is 5.75 Å². The Balaban J connectivity index is 2.45. The second-order valence-electron chi connectivity index (χ2n) is 4.54. The number of aryl methyl sites for hydroxylation is 1. The molecule has 1 aromatic rings. The van der Waals surface area contributed by atoms with E-state index in [1.807, 2.05) is 32.0 Å². The molecule has 108 valence electrons. The largest absolute Gasteiger partial charge is 0.317 e. The Bertz CT molecular complexity index is 472. The van der Waals surface area contributed by atoms with Gasteiger partial charge in [0.25, 0.3) is 0 Å². The highest BCUT2D eigenvalue weighted by atomic mass is 32.2. The number of hydrogen-bond donors (Lipinski definition) is 2. The molecule has 0 saturated heterocycles. The number of anilines is 1. The van der Waals surface area contributed by atoms with Gasteiger partial charge in [-0.2, -0.15) is 0 Å². The van der Waals surface area contributed by atoms with Crippen molar-refractivity contribution in [3.63, 3.8) is 0 Å². The molecule has 0 heterocycles. The molecule has 5 heteroatoms. The first kappa shape index (κ1) is 16.0. The Labute approximate surface area is 116 Å². The summed E-state index contributed by atoms with van der Waals surface area (Å²) in [7, 11) is -3.22. The van der Waals surface area contributed by atoms with Crippen LogP contribution in [0, 0.1) is 0 Å². The van der Waals surface area contributed by atoms with Gasteiger partial charge in [-0.3, -0.25) is 4.72 Å². The third-order valence-electron chi connectivity index (χ3n) is 2.88. The molecule has 1 aromatic carbocycles. The molecule has 0 aliphatic carbocycles. The molecule has 0 saturated carbocycles. The maximum absolute atomic E-state index is 11.9. The number of sulfonamides is 1. The smallest absolute Gasteiger partial charge is 0.232 e. The SMILES string of the molecule is CCNCCCCS(=O)(=O)Nc1cccc(CC)c1. The Morgan fingerprint density at radius 3 is 2.63 bits per heavy atom. The van der Waals surface area contributed by atoms with E-state index in [4.69, 9.17) is 0 Å². The molecule has 0 radical (unpaired) electrons. The molecular weight excluding hydrogens is 260 g/mol. The average molecular weight is 284 g/mol. The minimum absolute atomic E-state index is 0.175. The van der Waals surface area contributed by atoms with Crippen molar-refractivity contribution >= 4 is 15.7 Å². The summed E-state index contributed by atoms with van der Waals surface area (Å²) in [6.45, 7) is 5.89. The van der Waals surface area contributed by atoms with E-state index in [9.17, 15) is 8.42 Å². The summed E-state index contributed by atoms with van der Waals surface area (Å²) in [5.41, 5.74) is 1.79. The van der Waals surface area contributed by atoms with Gasteiger partial charge in [0.1, 0.15) is 0 Å². The molecule has 0 aromatic heterocycles. The summed E-state index contributed by atoms with van der Waals surface area (Å²) in [6, 6.07) is 7.54. The number of rotatable bonds is 9. The number of nitrogens with one attached hydrogen (secondary N) is 2. The Morgan fingerprint density at radius 1 is 1.16 bits per heavy atom. The van der Waals surface area contributed by atoms with Gasteiger partial charge in [0, 0.05) is 5.69 Å². The second kappa shape index (κ2) is 8.17. The van der Waals surface area contributed by atoms with Crippen LogP contribution in [-0.2, 0) is 16.4 Å².